The quantitative estimate of drug-likeness (QED) is 0.203. The van der Waals surface area contributed by atoms with Gasteiger partial charge in [-0.05, 0) is 76.8 Å². The molecule has 1 aromatic carbocycles. The number of aryl methyl sites for hydroxylation is 1. The predicted molar refractivity (Wildman–Crippen MR) is 182 cm³/mol. The van der Waals surface area contributed by atoms with Crippen molar-refractivity contribution in [3.8, 4) is 16.5 Å². The molecule has 260 valence electrons. The Kier molecular flexibility index (Phi) is 7.82. The smallest absolute Gasteiger partial charge is 0.333 e. The zero-order valence-electron chi connectivity index (χ0n) is 27.7. The molecule has 8 rings (SSSR count). The molecular weight excluding hydrogens is 671 g/mol. The Hall–Kier alpha value is -3.59. The number of rotatable bonds is 12. The molecule has 0 amide bonds. The number of hydrogen-bond acceptors (Lipinski definition) is 11. The highest BCUT2D eigenvalue weighted by molar-refractivity contribution is 7.93. The Morgan fingerprint density at radius 2 is 1.84 bits per heavy atom. The molecule has 12 nitrogen and oxygen atoms in total. The standard InChI is InChI=1S/C35H39N3O9S2/c1-20-28-31(40)38(35(12-13-35)27(39)19-49(42,43)34(2)10-11-34)33(41)37(32(28)48-29(20)30-36-14-15-45-30)18-26(24-6-4-5-7-25(24)44-3)47-23-16-21-8-9-22(17-23)46-21/h4-7,14-15,21-23,26H,8-13,16-19H2,1-3H3/t21-,22+,23?,26-/m0/s1. The molecule has 2 saturated heterocycles. The van der Waals surface area contributed by atoms with Crippen LogP contribution in [0.4, 0.5) is 0 Å². The molecule has 4 aliphatic rings. The van der Waals surface area contributed by atoms with Crippen molar-refractivity contribution in [1.82, 2.24) is 14.1 Å². The third-order valence-corrected chi connectivity index (χ3v) is 14.8. The fraction of sp³-hybridized carbons (Fsp3) is 0.543. The number of sulfone groups is 1. The Morgan fingerprint density at radius 1 is 1.12 bits per heavy atom. The van der Waals surface area contributed by atoms with Crippen molar-refractivity contribution in [2.24, 2.45) is 0 Å². The number of methoxy groups -OCH3 is 1. The second-order valence-corrected chi connectivity index (χ2v) is 17.7. The van der Waals surface area contributed by atoms with Crippen LogP contribution < -0.4 is 16.0 Å². The lowest BCUT2D eigenvalue weighted by molar-refractivity contribution is -0.121. The third kappa shape index (κ3) is 5.42. The van der Waals surface area contributed by atoms with Crippen molar-refractivity contribution in [2.45, 2.75) is 106 Å². The van der Waals surface area contributed by atoms with Gasteiger partial charge in [0.2, 0.25) is 5.89 Å². The first-order chi connectivity index (χ1) is 23.4. The Morgan fingerprint density at radius 3 is 2.47 bits per heavy atom. The van der Waals surface area contributed by atoms with Gasteiger partial charge in [-0.2, -0.15) is 0 Å². The summed E-state index contributed by atoms with van der Waals surface area (Å²) >= 11 is 1.22. The minimum atomic E-state index is -3.77. The molecule has 3 aromatic heterocycles. The lowest BCUT2D eigenvalue weighted by Gasteiger charge is -2.32. The summed E-state index contributed by atoms with van der Waals surface area (Å²) in [4.78, 5) is 48.5. The Balaban J connectivity index is 1.28. The van der Waals surface area contributed by atoms with Crippen molar-refractivity contribution in [1.29, 1.82) is 0 Å². The Bertz CT molecular complexity index is 2160. The monoisotopic (exact) mass is 709 g/mol. The van der Waals surface area contributed by atoms with Crippen LogP contribution in [0.1, 0.15) is 75.5 Å². The van der Waals surface area contributed by atoms with Gasteiger partial charge in [0.15, 0.2) is 15.6 Å². The van der Waals surface area contributed by atoms with E-state index < -0.39 is 49.0 Å². The van der Waals surface area contributed by atoms with Gasteiger partial charge in [-0.1, -0.05) is 18.2 Å². The van der Waals surface area contributed by atoms with Gasteiger partial charge in [0, 0.05) is 5.56 Å². The lowest BCUT2D eigenvalue weighted by atomic mass is 10.0. The number of carbonyl (C=O) groups excluding carboxylic acids is 1. The molecule has 4 atom stereocenters. The van der Waals surface area contributed by atoms with Crippen molar-refractivity contribution >= 4 is 37.2 Å². The highest BCUT2D eigenvalue weighted by Gasteiger charge is 2.58. The van der Waals surface area contributed by atoms with Gasteiger partial charge in [-0.3, -0.25) is 14.2 Å². The van der Waals surface area contributed by atoms with Crippen LogP contribution in [0.5, 0.6) is 5.75 Å². The van der Waals surface area contributed by atoms with Crippen molar-refractivity contribution in [2.75, 3.05) is 12.9 Å². The molecular formula is C35H39N3O9S2. The maximum absolute atomic E-state index is 14.8. The number of aromatic nitrogens is 3. The lowest BCUT2D eigenvalue weighted by Crippen LogP contribution is -2.50. The van der Waals surface area contributed by atoms with Gasteiger partial charge in [-0.25, -0.2) is 22.8 Å². The van der Waals surface area contributed by atoms with Crippen LogP contribution in [-0.4, -0.2) is 64.2 Å². The van der Waals surface area contributed by atoms with Crippen LogP contribution in [0.3, 0.4) is 0 Å². The van der Waals surface area contributed by atoms with E-state index in [1.54, 1.807) is 21.0 Å². The van der Waals surface area contributed by atoms with Crippen molar-refractivity contribution in [3.05, 3.63) is 68.7 Å². The summed E-state index contributed by atoms with van der Waals surface area (Å²) in [5.41, 5.74) is -1.55. The molecule has 0 spiro atoms. The van der Waals surface area contributed by atoms with Crippen LogP contribution >= 0.6 is 11.3 Å². The van der Waals surface area contributed by atoms with Crippen molar-refractivity contribution < 1.29 is 31.8 Å². The fourth-order valence-electron chi connectivity index (χ4n) is 7.60. The molecule has 2 saturated carbocycles. The summed E-state index contributed by atoms with van der Waals surface area (Å²) < 4.78 is 52.4. The summed E-state index contributed by atoms with van der Waals surface area (Å²) in [7, 11) is -2.19. The first-order valence-electron chi connectivity index (χ1n) is 16.8. The molecule has 0 radical (unpaired) electrons. The first kappa shape index (κ1) is 32.6. The highest BCUT2D eigenvalue weighted by Crippen LogP contribution is 2.48. The number of para-hydroxylation sites is 1. The maximum Gasteiger partial charge on any atom is 0.333 e. The predicted octanol–water partition coefficient (Wildman–Crippen LogP) is 4.69. The zero-order valence-corrected chi connectivity index (χ0v) is 29.3. The second-order valence-electron chi connectivity index (χ2n) is 14.2. The van der Waals surface area contributed by atoms with Crippen LogP contribution in [0.15, 0.2) is 50.7 Å². The van der Waals surface area contributed by atoms with Crippen LogP contribution in [-0.2, 0) is 36.2 Å². The summed E-state index contributed by atoms with van der Waals surface area (Å²) in [6.45, 7) is 3.42. The van der Waals surface area contributed by atoms with Gasteiger partial charge in [-0.15, -0.1) is 11.3 Å². The molecule has 0 N–H and O–H groups in total. The molecule has 4 fully saturated rings. The van der Waals surface area contributed by atoms with Gasteiger partial charge in [0.1, 0.15) is 34.2 Å². The number of ketones is 1. The van der Waals surface area contributed by atoms with E-state index in [0.29, 0.717) is 39.8 Å². The summed E-state index contributed by atoms with van der Waals surface area (Å²) in [5, 5.41) is 0.261. The molecule has 2 aliphatic heterocycles. The largest absolute Gasteiger partial charge is 0.496 e. The molecule has 5 heterocycles. The summed E-state index contributed by atoms with van der Waals surface area (Å²) in [5.74, 6) is -0.437. The molecule has 4 aromatic rings. The van der Waals surface area contributed by atoms with E-state index >= 15 is 0 Å². The number of oxazole rings is 1. The number of nitrogens with zero attached hydrogens (tertiary/aromatic N) is 3. The topological polar surface area (TPSA) is 149 Å². The van der Waals surface area contributed by atoms with Crippen molar-refractivity contribution in [3.63, 3.8) is 0 Å². The number of fused-ring (bicyclic) bond motifs is 3. The molecule has 2 bridgehead atoms. The molecule has 49 heavy (non-hydrogen) atoms. The molecule has 2 aliphatic carbocycles. The van der Waals surface area contributed by atoms with E-state index in [0.717, 1.165) is 35.8 Å². The number of Topliss-reactive ketones (excluding diaryl/α,β-unsaturated/α-hetero) is 1. The number of ether oxygens (including phenoxy) is 3. The van der Waals surface area contributed by atoms with E-state index in [1.807, 2.05) is 24.3 Å². The minimum absolute atomic E-state index is 0.00823. The number of hydrogen-bond donors (Lipinski definition) is 0. The van der Waals surface area contributed by atoms with Gasteiger partial charge < -0.3 is 18.6 Å². The first-order valence-corrected chi connectivity index (χ1v) is 19.3. The van der Waals surface area contributed by atoms with E-state index in [-0.39, 0.29) is 43.1 Å². The van der Waals surface area contributed by atoms with Crippen LogP contribution in [0, 0.1) is 6.92 Å². The van der Waals surface area contributed by atoms with E-state index in [2.05, 4.69) is 4.98 Å². The van der Waals surface area contributed by atoms with Crippen LogP contribution in [0.2, 0.25) is 0 Å². The fourth-order valence-corrected chi connectivity index (χ4v) is 10.5. The van der Waals surface area contributed by atoms with Crippen LogP contribution in [0.25, 0.3) is 21.0 Å². The number of carbonyl (C=O) groups is 1. The average molecular weight is 710 g/mol. The van der Waals surface area contributed by atoms with E-state index in [9.17, 15) is 22.8 Å². The van der Waals surface area contributed by atoms with Gasteiger partial charge >= 0.3 is 5.69 Å². The maximum atomic E-state index is 14.8. The number of thiophene rings is 1. The molecule has 14 heteroatoms. The average Bonchev–Trinajstić information content (AvgIpc) is 3.88. The van der Waals surface area contributed by atoms with E-state index in [1.165, 1.54) is 28.4 Å². The number of benzene rings is 1. The van der Waals surface area contributed by atoms with Gasteiger partial charge in [0.25, 0.3) is 5.56 Å². The zero-order chi connectivity index (χ0) is 34.3. The third-order valence-electron chi connectivity index (χ3n) is 11.0. The highest BCUT2D eigenvalue weighted by atomic mass is 32.2. The second kappa shape index (κ2) is 11.7. The minimum Gasteiger partial charge on any atom is -0.496 e. The van der Waals surface area contributed by atoms with E-state index in [4.69, 9.17) is 18.6 Å². The van der Waals surface area contributed by atoms with Gasteiger partial charge in [0.05, 0.1) is 53.2 Å². The molecule has 1 unspecified atom stereocenters. The normalized spacial score (nSPS) is 24.2. The summed E-state index contributed by atoms with van der Waals surface area (Å²) in [6.07, 6.45) is 7.20. The Labute approximate surface area is 286 Å². The SMILES string of the molecule is COc1ccccc1[C@H](Cn1c(=O)n(C2(C(=O)CS(=O)(=O)C3(C)CC3)CC2)c(=O)c2c(C)c(-c3ncco3)sc21)OC1C[C@H]2CC[C@@H](C1)O2. The summed E-state index contributed by atoms with van der Waals surface area (Å²) in [6, 6.07) is 7.49.